The van der Waals surface area contributed by atoms with Crippen LogP contribution in [0.5, 0.6) is 0 Å². The molecule has 0 radical (unpaired) electrons. The third kappa shape index (κ3) is 3.49. The molecule has 2 heteroatoms. The van der Waals surface area contributed by atoms with Crippen molar-refractivity contribution in [2.45, 2.75) is 50.6 Å². The lowest BCUT2D eigenvalue weighted by Gasteiger charge is -2.41. The fourth-order valence-corrected chi connectivity index (χ4v) is 4.00. The molecule has 2 nitrogen and oxygen atoms in total. The molecule has 0 amide bonds. The van der Waals surface area contributed by atoms with Crippen LogP contribution in [-0.4, -0.2) is 36.6 Å². The van der Waals surface area contributed by atoms with Crippen molar-refractivity contribution in [1.29, 1.82) is 0 Å². The number of hydrogen-bond acceptors (Lipinski definition) is 2. The largest absolute Gasteiger partial charge is 0.311 e. The van der Waals surface area contributed by atoms with Crippen LogP contribution in [0.1, 0.15) is 37.7 Å². The number of benzene rings is 1. The third-order valence-corrected chi connectivity index (χ3v) is 5.60. The summed E-state index contributed by atoms with van der Waals surface area (Å²) < 4.78 is 0. The first-order valence-electron chi connectivity index (χ1n) is 8.91. The first-order chi connectivity index (χ1) is 10.4. The van der Waals surface area contributed by atoms with Crippen molar-refractivity contribution >= 4 is 0 Å². The van der Waals surface area contributed by atoms with E-state index in [1.165, 1.54) is 63.7 Å². The highest BCUT2D eigenvalue weighted by molar-refractivity contribution is 5.14. The van der Waals surface area contributed by atoms with Crippen molar-refractivity contribution < 1.29 is 0 Å². The molecule has 1 aliphatic heterocycles. The average molecular weight is 284 g/mol. The maximum Gasteiger partial charge on any atom is 0.0249 e. The molecule has 2 saturated carbocycles. The third-order valence-electron chi connectivity index (χ3n) is 5.60. The molecule has 3 aliphatic rings. The number of hydrogen-bond donors (Lipinski definition) is 1. The predicted molar refractivity (Wildman–Crippen MR) is 87.4 cm³/mol. The summed E-state index contributed by atoms with van der Waals surface area (Å²) in [6.45, 7) is 3.85. The van der Waals surface area contributed by atoms with Gasteiger partial charge in [-0.15, -0.1) is 0 Å². The van der Waals surface area contributed by atoms with Crippen LogP contribution in [0.15, 0.2) is 30.3 Å². The van der Waals surface area contributed by atoms with Gasteiger partial charge in [-0.3, -0.25) is 4.90 Å². The molecule has 2 unspecified atom stereocenters. The highest BCUT2D eigenvalue weighted by Crippen LogP contribution is 2.39. The monoisotopic (exact) mass is 284 g/mol. The second-order valence-corrected chi connectivity index (χ2v) is 7.34. The van der Waals surface area contributed by atoms with Gasteiger partial charge in [0.05, 0.1) is 0 Å². The number of piperazine rings is 1. The SMILES string of the molecule is c1ccc(CCCN2CC(C3CC3)NCC2C2CC2)cc1. The van der Waals surface area contributed by atoms with Gasteiger partial charge in [-0.1, -0.05) is 30.3 Å². The molecule has 21 heavy (non-hydrogen) atoms. The van der Waals surface area contributed by atoms with E-state index in [0.717, 1.165) is 23.9 Å². The van der Waals surface area contributed by atoms with Crippen LogP contribution in [0.4, 0.5) is 0 Å². The fraction of sp³-hybridized carbons (Fsp3) is 0.684. The fourth-order valence-electron chi connectivity index (χ4n) is 4.00. The number of aryl methyl sites for hydroxylation is 1. The van der Waals surface area contributed by atoms with E-state index in [9.17, 15) is 0 Å². The van der Waals surface area contributed by atoms with E-state index >= 15 is 0 Å². The van der Waals surface area contributed by atoms with Crippen LogP contribution in [0.3, 0.4) is 0 Å². The van der Waals surface area contributed by atoms with Crippen molar-refractivity contribution in [3.05, 3.63) is 35.9 Å². The van der Waals surface area contributed by atoms with Crippen LogP contribution in [0.25, 0.3) is 0 Å². The molecule has 0 spiro atoms. The van der Waals surface area contributed by atoms with Crippen molar-refractivity contribution in [2.24, 2.45) is 11.8 Å². The summed E-state index contributed by atoms with van der Waals surface area (Å²) in [5.41, 5.74) is 1.49. The van der Waals surface area contributed by atoms with Gasteiger partial charge in [0.2, 0.25) is 0 Å². The number of nitrogens with one attached hydrogen (secondary N) is 1. The predicted octanol–water partition coefficient (Wildman–Crippen LogP) is 3.08. The van der Waals surface area contributed by atoms with E-state index in [-0.39, 0.29) is 0 Å². The van der Waals surface area contributed by atoms with Gasteiger partial charge in [0.25, 0.3) is 0 Å². The molecule has 4 rings (SSSR count). The zero-order valence-electron chi connectivity index (χ0n) is 13.0. The summed E-state index contributed by atoms with van der Waals surface area (Å²) in [6.07, 6.45) is 8.40. The minimum Gasteiger partial charge on any atom is -0.311 e. The molecular weight excluding hydrogens is 256 g/mol. The molecular formula is C19H28N2. The Morgan fingerprint density at radius 1 is 1.00 bits per heavy atom. The molecule has 2 atom stereocenters. The minimum atomic E-state index is 0.789. The maximum absolute atomic E-state index is 3.85. The molecule has 0 aromatic heterocycles. The van der Waals surface area contributed by atoms with E-state index in [1.807, 2.05) is 0 Å². The topological polar surface area (TPSA) is 15.3 Å². The minimum absolute atomic E-state index is 0.789. The lowest BCUT2D eigenvalue weighted by Crippen LogP contribution is -2.58. The molecule has 1 saturated heterocycles. The van der Waals surface area contributed by atoms with Gasteiger partial charge in [-0.2, -0.15) is 0 Å². The summed E-state index contributed by atoms with van der Waals surface area (Å²) in [7, 11) is 0. The number of rotatable bonds is 6. The summed E-state index contributed by atoms with van der Waals surface area (Å²) in [5.74, 6) is 1.98. The van der Waals surface area contributed by atoms with E-state index < -0.39 is 0 Å². The van der Waals surface area contributed by atoms with Crippen LogP contribution in [0, 0.1) is 11.8 Å². The Morgan fingerprint density at radius 2 is 1.76 bits per heavy atom. The van der Waals surface area contributed by atoms with Crippen molar-refractivity contribution in [1.82, 2.24) is 10.2 Å². The second kappa shape index (κ2) is 6.10. The van der Waals surface area contributed by atoms with Gasteiger partial charge in [0.15, 0.2) is 0 Å². The van der Waals surface area contributed by atoms with Gasteiger partial charge < -0.3 is 5.32 Å². The normalized spacial score (nSPS) is 30.5. The second-order valence-electron chi connectivity index (χ2n) is 7.34. The van der Waals surface area contributed by atoms with Gasteiger partial charge in [0.1, 0.15) is 0 Å². The standard InChI is InChI=1S/C19H28N2/c1-2-5-15(6-3-1)7-4-12-21-14-18(16-8-9-16)20-13-19(21)17-10-11-17/h1-3,5-6,16-20H,4,7-14H2. The average Bonchev–Trinajstić information content (AvgIpc) is 3.41. The Morgan fingerprint density at radius 3 is 2.48 bits per heavy atom. The summed E-state index contributed by atoms with van der Waals surface area (Å²) in [5, 5.41) is 3.85. The van der Waals surface area contributed by atoms with Gasteiger partial charge in [-0.05, 0) is 62.5 Å². The van der Waals surface area contributed by atoms with Crippen LogP contribution >= 0.6 is 0 Å². The summed E-state index contributed by atoms with van der Waals surface area (Å²) in [4.78, 5) is 2.83. The molecule has 1 aromatic rings. The van der Waals surface area contributed by atoms with E-state index in [1.54, 1.807) is 0 Å². The maximum atomic E-state index is 3.85. The van der Waals surface area contributed by atoms with Gasteiger partial charge >= 0.3 is 0 Å². The number of nitrogens with zero attached hydrogens (tertiary/aromatic N) is 1. The summed E-state index contributed by atoms with van der Waals surface area (Å²) in [6, 6.07) is 12.6. The Kier molecular flexibility index (Phi) is 4.00. The quantitative estimate of drug-likeness (QED) is 0.863. The Balaban J connectivity index is 1.31. The lowest BCUT2D eigenvalue weighted by atomic mass is 10.0. The smallest absolute Gasteiger partial charge is 0.0249 e. The lowest BCUT2D eigenvalue weighted by molar-refractivity contribution is 0.106. The van der Waals surface area contributed by atoms with E-state index in [2.05, 4.69) is 40.5 Å². The van der Waals surface area contributed by atoms with Gasteiger partial charge in [-0.25, -0.2) is 0 Å². The first-order valence-corrected chi connectivity index (χ1v) is 8.91. The molecule has 2 aliphatic carbocycles. The highest BCUT2D eigenvalue weighted by atomic mass is 15.2. The Labute approximate surface area is 128 Å². The molecule has 1 N–H and O–H groups in total. The Bertz CT molecular complexity index is 450. The summed E-state index contributed by atoms with van der Waals surface area (Å²) >= 11 is 0. The highest BCUT2D eigenvalue weighted by Gasteiger charge is 2.42. The molecule has 3 fully saturated rings. The van der Waals surface area contributed by atoms with Gasteiger partial charge in [0, 0.05) is 25.2 Å². The van der Waals surface area contributed by atoms with Crippen molar-refractivity contribution in [3.8, 4) is 0 Å². The first kappa shape index (κ1) is 13.8. The zero-order valence-corrected chi connectivity index (χ0v) is 13.0. The van der Waals surface area contributed by atoms with E-state index in [4.69, 9.17) is 0 Å². The van der Waals surface area contributed by atoms with Crippen molar-refractivity contribution in [3.63, 3.8) is 0 Å². The molecule has 1 aromatic carbocycles. The van der Waals surface area contributed by atoms with Crippen molar-refractivity contribution in [2.75, 3.05) is 19.6 Å². The van der Waals surface area contributed by atoms with E-state index in [0.29, 0.717) is 0 Å². The molecule has 114 valence electrons. The molecule has 1 heterocycles. The van der Waals surface area contributed by atoms with Crippen LogP contribution in [0.2, 0.25) is 0 Å². The zero-order chi connectivity index (χ0) is 14.1. The van der Waals surface area contributed by atoms with Crippen LogP contribution < -0.4 is 5.32 Å². The molecule has 0 bridgehead atoms. The Hall–Kier alpha value is -0.860. The van der Waals surface area contributed by atoms with Crippen LogP contribution in [-0.2, 0) is 6.42 Å².